The van der Waals surface area contributed by atoms with Crippen LogP contribution in [0.5, 0.6) is 11.5 Å². The topological polar surface area (TPSA) is 99.2 Å². The molecule has 0 unspecified atom stereocenters. The molecule has 1 fully saturated rings. The first kappa shape index (κ1) is 17.5. The minimum atomic E-state index is -3.09. The van der Waals surface area contributed by atoms with E-state index in [4.69, 9.17) is 14.2 Å². The SMILES string of the molecule is CN(C(=O)COC(=O)[C@H]1COc2ccccc2O1)[C@@H]1CCS(=O)(=O)C1. The molecular formula is C16H19NO7S. The number of sulfone groups is 1. The van der Waals surface area contributed by atoms with E-state index in [2.05, 4.69) is 0 Å². The number of ether oxygens (including phenoxy) is 3. The zero-order chi connectivity index (χ0) is 18.0. The van der Waals surface area contributed by atoms with E-state index in [0.717, 1.165) is 0 Å². The quantitative estimate of drug-likeness (QED) is 0.690. The number of para-hydroxylation sites is 2. The van der Waals surface area contributed by atoms with Gasteiger partial charge in [0.1, 0.15) is 6.61 Å². The third-order valence-electron chi connectivity index (χ3n) is 4.26. The number of carbonyl (C=O) groups excluding carboxylic acids is 2. The van der Waals surface area contributed by atoms with Gasteiger partial charge in [0.05, 0.1) is 11.5 Å². The van der Waals surface area contributed by atoms with Gasteiger partial charge in [-0.1, -0.05) is 12.1 Å². The van der Waals surface area contributed by atoms with E-state index in [1.807, 2.05) is 0 Å². The Balaban J connectivity index is 1.50. The summed E-state index contributed by atoms with van der Waals surface area (Å²) in [6.07, 6.45) is -0.547. The summed E-state index contributed by atoms with van der Waals surface area (Å²) in [7, 11) is -1.58. The highest BCUT2D eigenvalue weighted by Crippen LogP contribution is 2.31. The summed E-state index contributed by atoms with van der Waals surface area (Å²) < 4.78 is 38.9. The summed E-state index contributed by atoms with van der Waals surface area (Å²) in [5.74, 6) is -0.149. The Hall–Kier alpha value is -2.29. The smallest absolute Gasteiger partial charge is 0.351 e. The minimum absolute atomic E-state index is 0.000739. The van der Waals surface area contributed by atoms with Gasteiger partial charge in [0.25, 0.3) is 5.91 Å². The van der Waals surface area contributed by atoms with Gasteiger partial charge in [-0.3, -0.25) is 4.79 Å². The maximum Gasteiger partial charge on any atom is 0.351 e. The van der Waals surface area contributed by atoms with Crippen LogP contribution in [0.1, 0.15) is 6.42 Å². The number of carbonyl (C=O) groups is 2. The van der Waals surface area contributed by atoms with Gasteiger partial charge in [-0.05, 0) is 18.6 Å². The Morgan fingerprint density at radius 2 is 2.00 bits per heavy atom. The fraction of sp³-hybridized carbons (Fsp3) is 0.500. The predicted molar refractivity (Wildman–Crippen MR) is 87.1 cm³/mol. The molecule has 1 saturated heterocycles. The molecule has 2 aliphatic rings. The van der Waals surface area contributed by atoms with Crippen molar-refractivity contribution in [2.75, 3.05) is 31.8 Å². The predicted octanol–water partition coefficient (Wildman–Crippen LogP) is 0.0151. The van der Waals surface area contributed by atoms with Crippen molar-refractivity contribution in [3.63, 3.8) is 0 Å². The monoisotopic (exact) mass is 369 g/mol. The third kappa shape index (κ3) is 4.04. The summed E-state index contributed by atoms with van der Waals surface area (Å²) >= 11 is 0. The van der Waals surface area contributed by atoms with Crippen molar-refractivity contribution in [3.8, 4) is 11.5 Å². The van der Waals surface area contributed by atoms with E-state index in [9.17, 15) is 18.0 Å². The first-order chi connectivity index (χ1) is 11.9. The lowest BCUT2D eigenvalue weighted by molar-refractivity contribution is -0.160. The molecule has 0 bridgehead atoms. The van der Waals surface area contributed by atoms with Crippen molar-refractivity contribution in [1.82, 2.24) is 4.90 Å². The average Bonchev–Trinajstić information content (AvgIpc) is 2.98. The van der Waals surface area contributed by atoms with Crippen molar-refractivity contribution in [2.24, 2.45) is 0 Å². The van der Waals surface area contributed by atoms with Crippen LogP contribution < -0.4 is 9.47 Å². The number of likely N-dealkylation sites (N-methyl/N-ethyl adjacent to an activating group) is 1. The molecule has 0 saturated carbocycles. The molecule has 8 nitrogen and oxygen atoms in total. The van der Waals surface area contributed by atoms with Crippen LogP contribution in [0, 0.1) is 0 Å². The van der Waals surface area contributed by atoms with Crippen LogP contribution >= 0.6 is 0 Å². The largest absolute Gasteiger partial charge is 0.485 e. The number of hydrogen-bond acceptors (Lipinski definition) is 7. The molecule has 0 N–H and O–H groups in total. The highest BCUT2D eigenvalue weighted by atomic mass is 32.2. The van der Waals surface area contributed by atoms with Gasteiger partial charge in [0.2, 0.25) is 6.10 Å². The molecule has 2 aliphatic heterocycles. The number of rotatable bonds is 4. The molecule has 3 rings (SSSR count). The maximum absolute atomic E-state index is 12.1. The number of hydrogen-bond donors (Lipinski definition) is 0. The third-order valence-corrected chi connectivity index (χ3v) is 6.01. The van der Waals surface area contributed by atoms with Crippen LogP contribution in [0.4, 0.5) is 0 Å². The van der Waals surface area contributed by atoms with Crippen LogP contribution in [-0.4, -0.2) is 69.1 Å². The molecule has 2 heterocycles. The maximum atomic E-state index is 12.1. The molecule has 1 aromatic rings. The fourth-order valence-electron chi connectivity index (χ4n) is 2.75. The van der Waals surface area contributed by atoms with Gasteiger partial charge in [0.15, 0.2) is 27.9 Å². The van der Waals surface area contributed by atoms with Crippen molar-refractivity contribution in [3.05, 3.63) is 24.3 Å². The van der Waals surface area contributed by atoms with Crippen LogP contribution in [0.3, 0.4) is 0 Å². The molecule has 0 aromatic heterocycles. The van der Waals surface area contributed by atoms with Crippen molar-refractivity contribution >= 4 is 21.7 Å². The summed E-state index contributed by atoms with van der Waals surface area (Å²) in [6, 6.07) is 6.57. The van der Waals surface area contributed by atoms with Gasteiger partial charge in [-0.2, -0.15) is 0 Å². The summed E-state index contributed by atoms with van der Waals surface area (Å²) in [5, 5.41) is 0. The van der Waals surface area contributed by atoms with Crippen LogP contribution in [0.15, 0.2) is 24.3 Å². The molecule has 1 amide bonds. The molecule has 136 valence electrons. The lowest BCUT2D eigenvalue weighted by Crippen LogP contribution is -2.42. The Bertz CT molecular complexity index is 776. The molecule has 2 atom stereocenters. The summed E-state index contributed by atoms with van der Waals surface area (Å²) in [4.78, 5) is 25.5. The normalized spacial score (nSPS) is 23.7. The molecule has 25 heavy (non-hydrogen) atoms. The standard InChI is InChI=1S/C16H19NO7S/c1-17(11-6-7-25(20,21)10-11)15(18)9-23-16(19)14-8-22-12-4-2-3-5-13(12)24-14/h2-5,11,14H,6-10H2,1H3/t11-,14-/m1/s1. The second-order valence-corrected chi connectivity index (χ2v) is 8.26. The molecule has 0 radical (unpaired) electrons. The Kier molecular flexibility index (Phi) is 4.85. The molecule has 9 heteroatoms. The number of amides is 1. The van der Waals surface area contributed by atoms with Gasteiger partial charge in [-0.25, -0.2) is 13.2 Å². The molecule has 0 aliphatic carbocycles. The number of fused-ring (bicyclic) bond motifs is 1. The van der Waals surface area contributed by atoms with E-state index < -0.39 is 34.4 Å². The first-order valence-corrected chi connectivity index (χ1v) is 9.69. The van der Waals surface area contributed by atoms with E-state index in [0.29, 0.717) is 17.9 Å². The first-order valence-electron chi connectivity index (χ1n) is 7.87. The van der Waals surface area contributed by atoms with Crippen LogP contribution in [0.2, 0.25) is 0 Å². The average molecular weight is 369 g/mol. The summed E-state index contributed by atoms with van der Waals surface area (Å²) in [6.45, 7) is -0.464. The minimum Gasteiger partial charge on any atom is -0.485 e. The second kappa shape index (κ2) is 6.91. The Labute approximate surface area is 145 Å². The van der Waals surface area contributed by atoms with E-state index in [1.54, 1.807) is 24.3 Å². The second-order valence-electron chi connectivity index (χ2n) is 6.03. The molecule has 1 aromatic carbocycles. The zero-order valence-corrected chi connectivity index (χ0v) is 14.5. The lowest BCUT2D eigenvalue weighted by Gasteiger charge is -2.26. The van der Waals surface area contributed by atoms with Gasteiger partial charge in [0, 0.05) is 13.1 Å². The van der Waals surface area contributed by atoms with Crippen LogP contribution in [0.25, 0.3) is 0 Å². The van der Waals surface area contributed by atoms with E-state index in [-0.39, 0.29) is 24.2 Å². The van der Waals surface area contributed by atoms with Crippen molar-refractivity contribution in [1.29, 1.82) is 0 Å². The lowest BCUT2D eigenvalue weighted by atomic mass is 10.2. The fourth-order valence-corrected chi connectivity index (χ4v) is 4.52. The molecular weight excluding hydrogens is 350 g/mol. The van der Waals surface area contributed by atoms with Gasteiger partial charge >= 0.3 is 5.97 Å². The number of benzene rings is 1. The van der Waals surface area contributed by atoms with Gasteiger partial charge < -0.3 is 19.1 Å². The Morgan fingerprint density at radius 1 is 1.28 bits per heavy atom. The van der Waals surface area contributed by atoms with Gasteiger partial charge in [-0.15, -0.1) is 0 Å². The zero-order valence-electron chi connectivity index (χ0n) is 13.7. The molecule has 0 spiro atoms. The van der Waals surface area contributed by atoms with Crippen LogP contribution in [-0.2, 0) is 24.2 Å². The Morgan fingerprint density at radius 3 is 2.68 bits per heavy atom. The van der Waals surface area contributed by atoms with E-state index in [1.165, 1.54) is 11.9 Å². The number of nitrogens with zero attached hydrogens (tertiary/aromatic N) is 1. The van der Waals surface area contributed by atoms with Crippen molar-refractivity contribution < 1.29 is 32.2 Å². The highest BCUT2D eigenvalue weighted by molar-refractivity contribution is 7.91. The van der Waals surface area contributed by atoms with E-state index >= 15 is 0 Å². The highest BCUT2D eigenvalue weighted by Gasteiger charge is 2.34. The summed E-state index contributed by atoms with van der Waals surface area (Å²) in [5.41, 5.74) is 0. The number of esters is 1. The van der Waals surface area contributed by atoms with Crippen molar-refractivity contribution in [2.45, 2.75) is 18.6 Å².